The average molecular weight is 203 g/mol. The zero-order valence-electron chi connectivity index (χ0n) is 9.33. The molecule has 0 atom stereocenters. The van der Waals surface area contributed by atoms with Crippen LogP contribution in [0, 0.1) is 13.8 Å². The molecule has 0 saturated heterocycles. The molecule has 0 aliphatic rings. The Balaban J connectivity index is 1.89. The highest BCUT2D eigenvalue weighted by atomic mass is 15.0. The summed E-state index contributed by atoms with van der Waals surface area (Å²) >= 11 is 0. The van der Waals surface area contributed by atoms with E-state index in [4.69, 9.17) is 0 Å². The van der Waals surface area contributed by atoms with E-state index in [0.717, 1.165) is 25.2 Å². The van der Waals surface area contributed by atoms with Crippen molar-refractivity contribution in [1.29, 1.82) is 0 Å². The minimum Gasteiger partial charge on any atom is -0.349 e. The summed E-state index contributed by atoms with van der Waals surface area (Å²) in [4.78, 5) is 7.34. The Kier molecular flexibility index (Phi) is 2.90. The van der Waals surface area contributed by atoms with E-state index in [-0.39, 0.29) is 0 Å². The van der Waals surface area contributed by atoms with E-state index in [0.29, 0.717) is 0 Å². The first-order chi connectivity index (χ1) is 7.27. The fraction of sp³-hybridized carbons (Fsp3) is 0.417. The SMILES string of the molecule is Cc1ccc(C)n1CCCc1ncc[nH]1. The van der Waals surface area contributed by atoms with E-state index < -0.39 is 0 Å². The Labute approximate surface area is 90.2 Å². The van der Waals surface area contributed by atoms with Gasteiger partial charge in [0.05, 0.1) is 0 Å². The predicted molar refractivity (Wildman–Crippen MR) is 60.8 cm³/mol. The van der Waals surface area contributed by atoms with Crippen molar-refractivity contribution in [2.75, 3.05) is 0 Å². The highest BCUT2D eigenvalue weighted by Gasteiger charge is 2.01. The Morgan fingerprint density at radius 2 is 2.00 bits per heavy atom. The lowest BCUT2D eigenvalue weighted by Gasteiger charge is -2.08. The van der Waals surface area contributed by atoms with E-state index in [1.165, 1.54) is 11.4 Å². The van der Waals surface area contributed by atoms with Crippen molar-refractivity contribution >= 4 is 0 Å². The fourth-order valence-corrected chi connectivity index (χ4v) is 1.89. The number of hydrogen-bond acceptors (Lipinski definition) is 1. The number of aromatic nitrogens is 3. The van der Waals surface area contributed by atoms with Gasteiger partial charge in [-0.05, 0) is 32.4 Å². The summed E-state index contributed by atoms with van der Waals surface area (Å²) in [5.74, 6) is 1.08. The molecule has 0 fully saturated rings. The molecule has 2 aromatic heterocycles. The van der Waals surface area contributed by atoms with Crippen LogP contribution in [-0.4, -0.2) is 14.5 Å². The first kappa shape index (κ1) is 10.0. The lowest BCUT2D eigenvalue weighted by atomic mass is 10.3. The van der Waals surface area contributed by atoms with Crippen molar-refractivity contribution in [2.45, 2.75) is 33.2 Å². The third-order valence-electron chi connectivity index (χ3n) is 2.77. The molecule has 15 heavy (non-hydrogen) atoms. The van der Waals surface area contributed by atoms with Crippen LogP contribution in [0.3, 0.4) is 0 Å². The van der Waals surface area contributed by atoms with Crippen LogP contribution in [0.4, 0.5) is 0 Å². The van der Waals surface area contributed by atoms with Gasteiger partial charge in [-0.1, -0.05) is 0 Å². The van der Waals surface area contributed by atoms with Crippen molar-refractivity contribution in [2.24, 2.45) is 0 Å². The molecule has 0 saturated carbocycles. The minimum atomic E-state index is 1.02. The summed E-state index contributed by atoms with van der Waals surface area (Å²) in [6.45, 7) is 5.38. The van der Waals surface area contributed by atoms with Gasteiger partial charge in [0, 0.05) is 36.7 Å². The first-order valence-corrected chi connectivity index (χ1v) is 5.38. The van der Waals surface area contributed by atoms with Gasteiger partial charge in [0.25, 0.3) is 0 Å². The number of aromatic amines is 1. The summed E-state index contributed by atoms with van der Waals surface area (Å²) in [7, 11) is 0. The second-order valence-corrected chi connectivity index (χ2v) is 3.91. The van der Waals surface area contributed by atoms with Gasteiger partial charge < -0.3 is 9.55 Å². The van der Waals surface area contributed by atoms with E-state index in [2.05, 4.69) is 40.5 Å². The Morgan fingerprint density at radius 1 is 1.27 bits per heavy atom. The Bertz CT molecular complexity index is 393. The molecule has 2 rings (SSSR count). The van der Waals surface area contributed by atoms with Gasteiger partial charge in [0.15, 0.2) is 0 Å². The molecule has 0 spiro atoms. The second-order valence-electron chi connectivity index (χ2n) is 3.91. The van der Waals surface area contributed by atoms with Crippen molar-refractivity contribution in [3.63, 3.8) is 0 Å². The van der Waals surface area contributed by atoms with Crippen LogP contribution < -0.4 is 0 Å². The number of hydrogen-bond donors (Lipinski definition) is 1. The van der Waals surface area contributed by atoms with Crippen LogP contribution in [0.25, 0.3) is 0 Å². The topological polar surface area (TPSA) is 33.6 Å². The minimum absolute atomic E-state index is 1.02. The normalized spacial score (nSPS) is 10.8. The molecular weight excluding hydrogens is 186 g/mol. The molecule has 1 N–H and O–H groups in total. The monoisotopic (exact) mass is 203 g/mol. The molecule has 0 radical (unpaired) electrons. The molecule has 0 aliphatic carbocycles. The second kappa shape index (κ2) is 4.34. The maximum Gasteiger partial charge on any atom is 0.106 e. The lowest BCUT2D eigenvalue weighted by Crippen LogP contribution is -2.03. The van der Waals surface area contributed by atoms with Gasteiger partial charge in [0.2, 0.25) is 0 Å². The molecule has 0 unspecified atom stereocenters. The molecule has 2 aromatic rings. The maximum absolute atomic E-state index is 4.22. The molecule has 2 heterocycles. The van der Waals surface area contributed by atoms with Gasteiger partial charge in [-0.3, -0.25) is 0 Å². The van der Waals surface area contributed by atoms with E-state index in [9.17, 15) is 0 Å². The number of imidazole rings is 1. The maximum atomic E-state index is 4.22. The summed E-state index contributed by atoms with van der Waals surface area (Å²) in [6, 6.07) is 4.34. The number of rotatable bonds is 4. The summed E-state index contributed by atoms with van der Waals surface area (Å²) in [5.41, 5.74) is 2.68. The zero-order valence-corrected chi connectivity index (χ0v) is 9.33. The fourth-order valence-electron chi connectivity index (χ4n) is 1.89. The summed E-state index contributed by atoms with van der Waals surface area (Å²) in [6.07, 6.45) is 5.83. The molecule has 0 aromatic carbocycles. The number of nitrogens with one attached hydrogen (secondary N) is 1. The van der Waals surface area contributed by atoms with Crippen molar-refractivity contribution in [3.05, 3.63) is 41.7 Å². The zero-order chi connectivity index (χ0) is 10.7. The van der Waals surface area contributed by atoms with Crippen LogP contribution in [0.1, 0.15) is 23.6 Å². The van der Waals surface area contributed by atoms with Crippen LogP contribution in [0.15, 0.2) is 24.5 Å². The number of nitrogens with zero attached hydrogens (tertiary/aromatic N) is 2. The number of H-pyrrole nitrogens is 1. The largest absolute Gasteiger partial charge is 0.349 e. The molecule has 0 amide bonds. The predicted octanol–water partition coefficient (Wildman–Crippen LogP) is 2.46. The highest BCUT2D eigenvalue weighted by Crippen LogP contribution is 2.08. The van der Waals surface area contributed by atoms with Crippen molar-refractivity contribution in [1.82, 2.24) is 14.5 Å². The van der Waals surface area contributed by atoms with Gasteiger partial charge >= 0.3 is 0 Å². The molecular formula is C12H17N3. The van der Waals surface area contributed by atoms with Gasteiger partial charge in [-0.25, -0.2) is 4.98 Å². The van der Waals surface area contributed by atoms with Crippen LogP contribution in [0.5, 0.6) is 0 Å². The smallest absolute Gasteiger partial charge is 0.106 e. The van der Waals surface area contributed by atoms with Crippen LogP contribution in [0.2, 0.25) is 0 Å². The molecule has 0 bridgehead atoms. The third-order valence-corrected chi connectivity index (χ3v) is 2.77. The molecule has 3 nitrogen and oxygen atoms in total. The van der Waals surface area contributed by atoms with Crippen LogP contribution >= 0.6 is 0 Å². The summed E-state index contributed by atoms with van der Waals surface area (Å²) in [5, 5.41) is 0. The lowest BCUT2D eigenvalue weighted by molar-refractivity contribution is 0.609. The van der Waals surface area contributed by atoms with Crippen LogP contribution in [-0.2, 0) is 13.0 Å². The molecule has 80 valence electrons. The van der Waals surface area contributed by atoms with Crippen molar-refractivity contribution < 1.29 is 0 Å². The first-order valence-electron chi connectivity index (χ1n) is 5.38. The highest BCUT2D eigenvalue weighted by molar-refractivity contribution is 5.13. The van der Waals surface area contributed by atoms with Gasteiger partial charge in [-0.15, -0.1) is 0 Å². The van der Waals surface area contributed by atoms with E-state index in [1.807, 2.05) is 12.4 Å². The average Bonchev–Trinajstić information content (AvgIpc) is 2.82. The number of aryl methyl sites for hydroxylation is 3. The van der Waals surface area contributed by atoms with Gasteiger partial charge in [-0.2, -0.15) is 0 Å². The quantitative estimate of drug-likeness (QED) is 0.813. The molecule has 0 aliphatic heterocycles. The molecule has 3 heteroatoms. The van der Waals surface area contributed by atoms with E-state index in [1.54, 1.807) is 0 Å². The van der Waals surface area contributed by atoms with Crippen molar-refractivity contribution in [3.8, 4) is 0 Å². The Hall–Kier alpha value is -1.51. The van der Waals surface area contributed by atoms with E-state index >= 15 is 0 Å². The summed E-state index contributed by atoms with van der Waals surface area (Å²) < 4.78 is 2.35. The van der Waals surface area contributed by atoms with Gasteiger partial charge in [0.1, 0.15) is 5.82 Å². The standard InChI is InChI=1S/C12H17N3/c1-10-5-6-11(2)15(10)9-3-4-12-13-7-8-14-12/h5-8H,3-4,9H2,1-2H3,(H,13,14). The third kappa shape index (κ3) is 2.29. The Morgan fingerprint density at radius 3 is 2.60 bits per heavy atom.